The van der Waals surface area contributed by atoms with Gasteiger partial charge in [0.1, 0.15) is 0 Å². The Morgan fingerprint density at radius 2 is 1.88 bits per heavy atom. The summed E-state index contributed by atoms with van der Waals surface area (Å²) in [4.78, 5) is 1.20. The van der Waals surface area contributed by atoms with Gasteiger partial charge in [-0.2, -0.15) is 0 Å². The molecule has 0 N–H and O–H groups in total. The molecule has 0 bridgehead atoms. The van der Waals surface area contributed by atoms with E-state index in [4.69, 9.17) is 21.1 Å². The van der Waals surface area contributed by atoms with Crippen LogP contribution in [0.2, 0.25) is 5.02 Å². The van der Waals surface area contributed by atoms with Crippen molar-refractivity contribution in [1.29, 1.82) is 0 Å². The van der Waals surface area contributed by atoms with Gasteiger partial charge < -0.3 is 9.47 Å². The molecule has 0 aromatic heterocycles. The van der Waals surface area contributed by atoms with Crippen molar-refractivity contribution in [2.45, 2.75) is 31.0 Å². The van der Waals surface area contributed by atoms with Crippen LogP contribution in [0.3, 0.4) is 0 Å². The summed E-state index contributed by atoms with van der Waals surface area (Å²) < 4.78 is 10.9. The molecule has 0 amide bonds. The molecule has 96 valence electrons. The Labute approximate surface area is 113 Å². The first-order valence-corrected chi connectivity index (χ1v) is 7.01. The van der Waals surface area contributed by atoms with E-state index in [0.29, 0.717) is 6.61 Å². The first-order valence-electron chi connectivity index (χ1n) is 5.64. The van der Waals surface area contributed by atoms with E-state index >= 15 is 0 Å². The minimum Gasteiger partial charge on any atom is -0.382 e. The number of hydrogen-bond donors (Lipinski definition) is 0. The molecule has 0 aliphatic carbocycles. The van der Waals surface area contributed by atoms with Crippen molar-refractivity contribution in [3.8, 4) is 0 Å². The zero-order chi connectivity index (χ0) is 12.7. The molecule has 0 aliphatic heterocycles. The van der Waals surface area contributed by atoms with Gasteiger partial charge >= 0.3 is 0 Å². The molecule has 0 spiro atoms. The highest BCUT2D eigenvalue weighted by molar-refractivity contribution is 7.99. The van der Waals surface area contributed by atoms with E-state index in [-0.39, 0.29) is 12.2 Å². The highest BCUT2D eigenvalue weighted by Gasteiger charge is 2.11. The molecular weight excluding hydrogens is 256 g/mol. The maximum absolute atomic E-state index is 5.84. The summed E-state index contributed by atoms with van der Waals surface area (Å²) in [6, 6.07) is 7.84. The summed E-state index contributed by atoms with van der Waals surface area (Å²) in [7, 11) is 1.70. The van der Waals surface area contributed by atoms with E-state index in [0.717, 1.165) is 10.8 Å². The third-order valence-electron chi connectivity index (χ3n) is 2.07. The van der Waals surface area contributed by atoms with Gasteiger partial charge in [-0.3, -0.25) is 0 Å². The van der Waals surface area contributed by atoms with Crippen LogP contribution in [0.4, 0.5) is 0 Å². The molecule has 0 aliphatic rings. The first kappa shape index (κ1) is 14.8. The Hall–Kier alpha value is -0.220. The number of thioether (sulfide) groups is 1. The summed E-state index contributed by atoms with van der Waals surface area (Å²) in [5.41, 5.74) is 0. The number of benzene rings is 1. The largest absolute Gasteiger partial charge is 0.382 e. The van der Waals surface area contributed by atoms with E-state index in [1.54, 1.807) is 18.9 Å². The van der Waals surface area contributed by atoms with Gasteiger partial charge in [-0.25, -0.2) is 0 Å². The van der Waals surface area contributed by atoms with E-state index in [2.05, 4.69) is 0 Å². The second-order valence-corrected chi connectivity index (χ2v) is 5.56. The Morgan fingerprint density at radius 1 is 1.24 bits per heavy atom. The van der Waals surface area contributed by atoms with E-state index < -0.39 is 0 Å². The molecule has 1 rings (SSSR count). The van der Waals surface area contributed by atoms with Gasteiger partial charge in [0.05, 0.1) is 18.8 Å². The zero-order valence-corrected chi connectivity index (χ0v) is 12.1. The maximum atomic E-state index is 5.84. The minimum atomic E-state index is 0.126. The van der Waals surface area contributed by atoms with E-state index in [1.165, 1.54) is 4.90 Å². The van der Waals surface area contributed by atoms with Crippen LogP contribution in [0, 0.1) is 0 Å². The van der Waals surface area contributed by atoms with Gasteiger partial charge in [0.25, 0.3) is 0 Å². The van der Waals surface area contributed by atoms with Crippen LogP contribution in [0.5, 0.6) is 0 Å². The van der Waals surface area contributed by atoms with Gasteiger partial charge in [-0.1, -0.05) is 11.6 Å². The van der Waals surface area contributed by atoms with Crippen LogP contribution in [-0.2, 0) is 9.47 Å². The van der Waals surface area contributed by atoms with Gasteiger partial charge in [-0.15, -0.1) is 11.8 Å². The SMILES string of the molecule is COCC(CSc1ccc(Cl)cc1)OC(C)C. The quantitative estimate of drug-likeness (QED) is 0.703. The van der Waals surface area contributed by atoms with E-state index in [1.807, 2.05) is 38.1 Å². The minimum absolute atomic E-state index is 0.126. The third kappa shape index (κ3) is 6.32. The first-order chi connectivity index (χ1) is 8.11. The molecule has 2 nitrogen and oxygen atoms in total. The second kappa shape index (κ2) is 7.98. The number of halogens is 1. The summed E-state index contributed by atoms with van der Waals surface area (Å²) in [5.74, 6) is 0.883. The molecule has 0 heterocycles. The Balaban J connectivity index is 2.42. The molecule has 17 heavy (non-hydrogen) atoms. The van der Waals surface area contributed by atoms with E-state index in [9.17, 15) is 0 Å². The third-order valence-corrected chi connectivity index (χ3v) is 3.46. The zero-order valence-electron chi connectivity index (χ0n) is 10.5. The van der Waals surface area contributed by atoms with Crippen molar-refractivity contribution in [3.05, 3.63) is 29.3 Å². The van der Waals surface area contributed by atoms with Crippen molar-refractivity contribution >= 4 is 23.4 Å². The lowest BCUT2D eigenvalue weighted by Crippen LogP contribution is -2.25. The number of hydrogen-bond acceptors (Lipinski definition) is 3. The molecule has 1 aromatic rings. The molecule has 0 saturated heterocycles. The Morgan fingerprint density at radius 3 is 2.41 bits per heavy atom. The predicted octanol–water partition coefficient (Wildman–Crippen LogP) is 3.87. The number of methoxy groups -OCH3 is 1. The lowest BCUT2D eigenvalue weighted by molar-refractivity contribution is -0.0207. The van der Waals surface area contributed by atoms with Crippen molar-refractivity contribution in [2.24, 2.45) is 0 Å². The fraction of sp³-hybridized carbons (Fsp3) is 0.538. The van der Waals surface area contributed by atoms with Gasteiger partial charge in [0.2, 0.25) is 0 Å². The monoisotopic (exact) mass is 274 g/mol. The topological polar surface area (TPSA) is 18.5 Å². The maximum Gasteiger partial charge on any atom is 0.0905 e. The highest BCUT2D eigenvalue weighted by atomic mass is 35.5. The molecule has 0 radical (unpaired) electrons. The molecular formula is C13H19ClO2S. The van der Waals surface area contributed by atoms with Crippen molar-refractivity contribution in [2.75, 3.05) is 19.5 Å². The molecule has 1 unspecified atom stereocenters. The van der Waals surface area contributed by atoms with Gasteiger partial charge in [0, 0.05) is 22.8 Å². The molecule has 0 saturated carbocycles. The van der Waals surface area contributed by atoms with Crippen LogP contribution in [0.25, 0.3) is 0 Å². The smallest absolute Gasteiger partial charge is 0.0905 e. The van der Waals surface area contributed by atoms with Crippen LogP contribution in [-0.4, -0.2) is 31.7 Å². The highest BCUT2D eigenvalue weighted by Crippen LogP contribution is 2.22. The molecule has 4 heteroatoms. The predicted molar refractivity (Wildman–Crippen MR) is 74.1 cm³/mol. The van der Waals surface area contributed by atoms with Gasteiger partial charge in [-0.05, 0) is 38.1 Å². The summed E-state index contributed by atoms with van der Waals surface area (Å²) >= 11 is 7.59. The Bertz CT molecular complexity index is 314. The molecule has 1 atom stereocenters. The average Bonchev–Trinajstić information content (AvgIpc) is 2.27. The lowest BCUT2D eigenvalue weighted by atomic mass is 10.4. The summed E-state index contributed by atoms with van der Waals surface area (Å²) in [5, 5.41) is 0.765. The second-order valence-electron chi connectivity index (χ2n) is 4.03. The average molecular weight is 275 g/mol. The van der Waals surface area contributed by atoms with Crippen LogP contribution < -0.4 is 0 Å². The van der Waals surface area contributed by atoms with Crippen molar-refractivity contribution in [3.63, 3.8) is 0 Å². The summed E-state index contributed by atoms with van der Waals surface area (Å²) in [6.07, 6.45) is 0.349. The van der Waals surface area contributed by atoms with Crippen molar-refractivity contribution in [1.82, 2.24) is 0 Å². The van der Waals surface area contributed by atoms with Crippen LogP contribution >= 0.6 is 23.4 Å². The van der Waals surface area contributed by atoms with Crippen LogP contribution in [0.15, 0.2) is 29.2 Å². The number of rotatable bonds is 7. The molecule has 1 aromatic carbocycles. The fourth-order valence-corrected chi connectivity index (χ4v) is 2.43. The van der Waals surface area contributed by atoms with Crippen molar-refractivity contribution < 1.29 is 9.47 Å². The standard InChI is InChI=1S/C13H19ClO2S/c1-10(2)16-12(8-15-3)9-17-13-6-4-11(14)5-7-13/h4-7,10,12H,8-9H2,1-3H3. The number of ether oxygens (including phenoxy) is 2. The normalized spacial score (nSPS) is 13.0. The summed E-state index contributed by atoms with van der Waals surface area (Å²) in [6.45, 7) is 4.70. The fourth-order valence-electron chi connectivity index (χ4n) is 1.42. The van der Waals surface area contributed by atoms with Gasteiger partial charge in [0.15, 0.2) is 0 Å². The molecule has 0 fully saturated rings. The Kier molecular flexibility index (Phi) is 6.97. The van der Waals surface area contributed by atoms with Crippen LogP contribution in [0.1, 0.15) is 13.8 Å². The lowest BCUT2D eigenvalue weighted by Gasteiger charge is -2.19.